The number of aryl methyl sites for hydroxylation is 1. The second kappa shape index (κ2) is 6.66. The van der Waals surface area contributed by atoms with Gasteiger partial charge in [-0.2, -0.15) is 0 Å². The molecule has 0 saturated carbocycles. The lowest BCUT2D eigenvalue weighted by atomic mass is 10.1. The largest absolute Gasteiger partial charge is 0.392 e. The lowest BCUT2D eigenvalue weighted by Gasteiger charge is -2.14. The number of imidazole rings is 1. The second-order valence-electron chi connectivity index (χ2n) is 4.59. The van der Waals surface area contributed by atoms with Crippen LogP contribution in [0, 0.1) is 5.92 Å². The first-order chi connectivity index (χ1) is 7.63. The molecule has 1 rings (SSSR count). The first kappa shape index (κ1) is 13.2. The molecule has 16 heavy (non-hydrogen) atoms. The molecule has 0 radical (unpaired) electrons. The van der Waals surface area contributed by atoms with Crippen LogP contribution in [0.5, 0.6) is 0 Å². The summed E-state index contributed by atoms with van der Waals surface area (Å²) in [6.45, 7) is 8.69. The van der Waals surface area contributed by atoms with Crippen LogP contribution in [0.1, 0.15) is 32.9 Å². The Morgan fingerprint density at radius 2 is 2.25 bits per heavy atom. The van der Waals surface area contributed by atoms with Crippen LogP contribution in [-0.4, -0.2) is 27.3 Å². The van der Waals surface area contributed by atoms with Gasteiger partial charge < -0.3 is 15.0 Å². The van der Waals surface area contributed by atoms with E-state index in [-0.39, 0.29) is 6.10 Å². The van der Waals surface area contributed by atoms with Gasteiger partial charge in [0.15, 0.2) is 0 Å². The quantitative estimate of drug-likeness (QED) is 0.737. The third kappa shape index (κ3) is 4.33. The molecule has 0 aliphatic carbocycles. The zero-order chi connectivity index (χ0) is 12.0. The first-order valence-corrected chi connectivity index (χ1v) is 6.01. The normalized spacial score (nSPS) is 13.3. The van der Waals surface area contributed by atoms with Gasteiger partial charge in [0, 0.05) is 25.8 Å². The molecule has 1 aromatic heterocycles. The molecular formula is C12H23N3O. The molecule has 4 nitrogen and oxygen atoms in total. The van der Waals surface area contributed by atoms with Crippen molar-refractivity contribution >= 4 is 0 Å². The number of nitrogens with one attached hydrogen (secondary N) is 1. The van der Waals surface area contributed by atoms with Gasteiger partial charge in [-0.25, -0.2) is 4.98 Å². The van der Waals surface area contributed by atoms with E-state index < -0.39 is 0 Å². The van der Waals surface area contributed by atoms with Gasteiger partial charge in [-0.15, -0.1) is 0 Å². The third-order valence-corrected chi connectivity index (χ3v) is 2.57. The summed E-state index contributed by atoms with van der Waals surface area (Å²) < 4.78 is 2.10. The van der Waals surface area contributed by atoms with E-state index >= 15 is 0 Å². The van der Waals surface area contributed by atoms with Crippen molar-refractivity contribution in [3.05, 3.63) is 18.2 Å². The van der Waals surface area contributed by atoms with Crippen molar-refractivity contribution in [3.8, 4) is 0 Å². The second-order valence-corrected chi connectivity index (χ2v) is 4.59. The van der Waals surface area contributed by atoms with E-state index in [4.69, 9.17) is 0 Å². The molecule has 1 aromatic rings. The van der Waals surface area contributed by atoms with Crippen molar-refractivity contribution in [2.45, 2.75) is 46.4 Å². The molecule has 0 spiro atoms. The average Bonchev–Trinajstić information content (AvgIpc) is 2.64. The van der Waals surface area contributed by atoms with E-state index in [1.807, 2.05) is 12.5 Å². The van der Waals surface area contributed by atoms with E-state index in [2.05, 4.69) is 35.6 Å². The average molecular weight is 225 g/mol. The van der Waals surface area contributed by atoms with E-state index in [9.17, 15) is 5.11 Å². The topological polar surface area (TPSA) is 50.1 Å². The predicted octanol–water partition coefficient (Wildman–Crippen LogP) is 1.40. The van der Waals surface area contributed by atoms with Crippen LogP contribution < -0.4 is 5.32 Å². The van der Waals surface area contributed by atoms with E-state index in [1.54, 1.807) is 0 Å². The molecule has 0 aliphatic rings. The molecule has 0 bridgehead atoms. The smallest absolute Gasteiger partial charge is 0.0948 e. The molecule has 92 valence electrons. The summed E-state index contributed by atoms with van der Waals surface area (Å²) in [5.41, 5.74) is 1.17. The number of nitrogens with zero attached hydrogens (tertiary/aromatic N) is 2. The molecule has 1 unspecified atom stereocenters. The fraction of sp³-hybridized carbons (Fsp3) is 0.750. The molecule has 4 heteroatoms. The summed E-state index contributed by atoms with van der Waals surface area (Å²) in [4.78, 5) is 4.10. The van der Waals surface area contributed by atoms with E-state index in [1.165, 1.54) is 5.69 Å². The SMILES string of the molecule is CCn1cncc1CNCC(O)CC(C)C. The Morgan fingerprint density at radius 1 is 1.50 bits per heavy atom. The fourth-order valence-corrected chi connectivity index (χ4v) is 1.77. The molecule has 1 atom stereocenters. The van der Waals surface area contributed by atoms with Gasteiger partial charge in [0.25, 0.3) is 0 Å². The molecule has 2 N–H and O–H groups in total. The molecular weight excluding hydrogens is 202 g/mol. The van der Waals surface area contributed by atoms with Gasteiger partial charge in [0.2, 0.25) is 0 Å². The van der Waals surface area contributed by atoms with Crippen molar-refractivity contribution in [1.82, 2.24) is 14.9 Å². The lowest BCUT2D eigenvalue weighted by Crippen LogP contribution is -2.28. The van der Waals surface area contributed by atoms with Gasteiger partial charge in [-0.3, -0.25) is 0 Å². The summed E-state index contributed by atoms with van der Waals surface area (Å²) in [5.74, 6) is 0.540. The van der Waals surface area contributed by atoms with Crippen molar-refractivity contribution in [3.63, 3.8) is 0 Å². The van der Waals surface area contributed by atoms with Crippen molar-refractivity contribution < 1.29 is 5.11 Å². The van der Waals surface area contributed by atoms with Crippen molar-refractivity contribution in [1.29, 1.82) is 0 Å². The molecule has 0 aliphatic heterocycles. The summed E-state index contributed by atoms with van der Waals surface area (Å²) in [5, 5.41) is 12.9. The highest BCUT2D eigenvalue weighted by Gasteiger charge is 2.07. The number of rotatable bonds is 7. The monoisotopic (exact) mass is 225 g/mol. The lowest BCUT2D eigenvalue weighted by molar-refractivity contribution is 0.146. The first-order valence-electron chi connectivity index (χ1n) is 6.01. The zero-order valence-electron chi connectivity index (χ0n) is 10.5. The Labute approximate surface area is 97.7 Å². The van der Waals surface area contributed by atoms with Gasteiger partial charge in [-0.1, -0.05) is 13.8 Å². The van der Waals surface area contributed by atoms with Crippen LogP contribution in [0.2, 0.25) is 0 Å². The number of hydrogen-bond donors (Lipinski definition) is 2. The summed E-state index contributed by atoms with van der Waals surface area (Å²) in [6.07, 6.45) is 4.30. The van der Waals surface area contributed by atoms with Crippen LogP contribution in [0.4, 0.5) is 0 Å². The zero-order valence-corrected chi connectivity index (χ0v) is 10.5. The molecule has 0 aromatic carbocycles. The van der Waals surface area contributed by atoms with Gasteiger partial charge in [0.1, 0.15) is 0 Å². The van der Waals surface area contributed by atoms with Gasteiger partial charge in [0.05, 0.1) is 18.1 Å². The minimum atomic E-state index is -0.252. The van der Waals surface area contributed by atoms with E-state index in [0.717, 1.165) is 19.5 Å². The predicted molar refractivity (Wildman–Crippen MR) is 65.1 cm³/mol. The molecule has 0 amide bonds. The molecule has 0 saturated heterocycles. The number of aromatic nitrogens is 2. The minimum absolute atomic E-state index is 0.252. The highest BCUT2D eigenvalue weighted by atomic mass is 16.3. The Hall–Kier alpha value is -0.870. The Balaban J connectivity index is 2.25. The van der Waals surface area contributed by atoms with Crippen LogP contribution in [0.25, 0.3) is 0 Å². The maximum Gasteiger partial charge on any atom is 0.0948 e. The van der Waals surface area contributed by atoms with Gasteiger partial charge in [-0.05, 0) is 19.3 Å². The van der Waals surface area contributed by atoms with Crippen molar-refractivity contribution in [2.75, 3.05) is 6.54 Å². The highest BCUT2D eigenvalue weighted by Crippen LogP contribution is 2.04. The fourth-order valence-electron chi connectivity index (χ4n) is 1.77. The summed E-state index contributed by atoms with van der Waals surface area (Å²) in [7, 11) is 0. The van der Waals surface area contributed by atoms with Crippen molar-refractivity contribution in [2.24, 2.45) is 5.92 Å². The summed E-state index contributed by atoms with van der Waals surface area (Å²) >= 11 is 0. The summed E-state index contributed by atoms with van der Waals surface area (Å²) in [6, 6.07) is 0. The Morgan fingerprint density at radius 3 is 2.88 bits per heavy atom. The molecule has 1 heterocycles. The Kier molecular flexibility index (Phi) is 5.49. The minimum Gasteiger partial charge on any atom is -0.392 e. The maximum atomic E-state index is 9.69. The number of hydrogen-bond acceptors (Lipinski definition) is 3. The maximum absolute atomic E-state index is 9.69. The van der Waals surface area contributed by atoms with E-state index in [0.29, 0.717) is 12.5 Å². The molecule has 0 fully saturated rings. The van der Waals surface area contributed by atoms with Crippen LogP contribution in [0.15, 0.2) is 12.5 Å². The standard InChI is InChI=1S/C12H23N3O/c1-4-15-9-14-7-11(15)6-13-8-12(16)5-10(2)3/h7,9-10,12-13,16H,4-6,8H2,1-3H3. The van der Waals surface area contributed by atoms with Crippen LogP contribution in [-0.2, 0) is 13.1 Å². The van der Waals surface area contributed by atoms with Crippen LogP contribution >= 0.6 is 0 Å². The highest BCUT2D eigenvalue weighted by molar-refractivity contribution is 4.97. The third-order valence-electron chi connectivity index (χ3n) is 2.57. The van der Waals surface area contributed by atoms with Gasteiger partial charge >= 0.3 is 0 Å². The number of aliphatic hydroxyl groups excluding tert-OH is 1. The Bertz CT molecular complexity index is 296. The van der Waals surface area contributed by atoms with Crippen LogP contribution in [0.3, 0.4) is 0 Å². The number of aliphatic hydroxyl groups is 1.